The molecule has 0 radical (unpaired) electrons. The van der Waals surface area contributed by atoms with Gasteiger partial charge in [-0.15, -0.1) is 0 Å². The van der Waals surface area contributed by atoms with Crippen LogP contribution in [0.15, 0.2) is 22.7 Å². The van der Waals surface area contributed by atoms with Crippen molar-refractivity contribution in [3.05, 3.63) is 28.5 Å². The summed E-state index contributed by atoms with van der Waals surface area (Å²) in [6.07, 6.45) is 0. The lowest BCUT2D eigenvalue weighted by molar-refractivity contribution is 0.167. The molecule has 18 heavy (non-hydrogen) atoms. The maximum Gasteiger partial charge on any atom is 0.322 e. The van der Waals surface area contributed by atoms with Gasteiger partial charge in [0.15, 0.2) is 0 Å². The highest BCUT2D eigenvalue weighted by Crippen LogP contribution is 2.19. The van der Waals surface area contributed by atoms with E-state index in [-0.39, 0.29) is 32.0 Å². The third kappa shape index (κ3) is 4.25. The van der Waals surface area contributed by atoms with Crippen molar-refractivity contribution in [2.24, 2.45) is 0 Å². The predicted molar refractivity (Wildman–Crippen MR) is 68.9 cm³/mol. The number of carbonyl (C=O) groups is 1. The molecule has 0 aliphatic heterocycles. The molecule has 0 heterocycles. The maximum atomic E-state index is 13.5. The first-order valence-electron chi connectivity index (χ1n) is 5.31. The van der Waals surface area contributed by atoms with Gasteiger partial charge in [-0.2, -0.15) is 0 Å². The van der Waals surface area contributed by atoms with Gasteiger partial charge in [0.25, 0.3) is 0 Å². The van der Waals surface area contributed by atoms with E-state index >= 15 is 0 Å². The van der Waals surface area contributed by atoms with Gasteiger partial charge < -0.3 is 20.4 Å². The van der Waals surface area contributed by atoms with E-state index < -0.39 is 11.8 Å². The minimum absolute atomic E-state index is 0.0454. The van der Waals surface area contributed by atoms with Gasteiger partial charge in [-0.25, -0.2) is 9.18 Å². The Kier molecular flexibility index (Phi) is 6.03. The molecule has 0 saturated heterocycles. The third-order valence-electron chi connectivity index (χ3n) is 2.20. The van der Waals surface area contributed by atoms with Gasteiger partial charge in [-0.3, -0.25) is 0 Å². The Morgan fingerprint density at radius 2 is 1.94 bits per heavy atom. The number of hydrogen-bond donors (Lipinski definition) is 3. The smallest absolute Gasteiger partial charge is 0.322 e. The van der Waals surface area contributed by atoms with Gasteiger partial charge in [0.05, 0.1) is 18.9 Å². The minimum atomic E-state index is -0.570. The number of aliphatic hydroxyl groups is 2. The zero-order valence-corrected chi connectivity index (χ0v) is 11.2. The normalized spacial score (nSPS) is 10.2. The maximum absolute atomic E-state index is 13.5. The molecule has 0 aliphatic rings. The summed E-state index contributed by atoms with van der Waals surface area (Å²) in [5, 5.41) is 19.9. The molecule has 5 nitrogen and oxygen atoms in total. The van der Waals surface area contributed by atoms with Gasteiger partial charge in [0.2, 0.25) is 0 Å². The number of carbonyl (C=O) groups excluding carboxylic acids is 1. The zero-order valence-electron chi connectivity index (χ0n) is 9.57. The van der Waals surface area contributed by atoms with E-state index in [9.17, 15) is 9.18 Å². The van der Waals surface area contributed by atoms with Crippen LogP contribution in [0, 0.1) is 5.82 Å². The van der Waals surface area contributed by atoms with Gasteiger partial charge in [0, 0.05) is 17.6 Å². The van der Waals surface area contributed by atoms with E-state index in [2.05, 4.69) is 21.2 Å². The molecule has 0 saturated carbocycles. The summed E-state index contributed by atoms with van der Waals surface area (Å²) in [5.74, 6) is -0.564. The van der Waals surface area contributed by atoms with E-state index in [1.165, 1.54) is 17.0 Å². The average Bonchev–Trinajstić information content (AvgIpc) is 2.32. The van der Waals surface area contributed by atoms with Crippen molar-refractivity contribution in [2.45, 2.75) is 0 Å². The number of amides is 2. The second-order valence-corrected chi connectivity index (χ2v) is 4.40. The molecule has 100 valence electrons. The number of hydrogen-bond acceptors (Lipinski definition) is 3. The largest absolute Gasteiger partial charge is 0.395 e. The van der Waals surface area contributed by atoms with Crippen LogP contribution in [0.2, 0.25) is 0 Å². The highest BCUT2D eigenvalue weighted by Gasteiger charge is 2.14. The zero-order chi connectivity index (χ0) is 13.5. The molecule has 0 aromatic heterocycles. The van der Waals surface area contributed by atoms with E-state index in [0.29, 0.717) is 4.47 Å². The quantitative estimate of drug-likeness (QED) is 0.768. The summed E-state index contributed by atoms with van der Waals surface area (Å²) in [6.45, 7) is -0.304. The monoisotopic (exact) mass is 320 g/mol. The Hall–Kier alpha value is -1.18. The lowest BCUT2D eigenvalue weighted by Crippen LogP contribution is -2.39. The highest BCUT2D eigenvalue weighted by atomic mass is 79.9. The number of halogens is 2. The topological polar surface area (TPSA) is 72.8 Å². The number of aliphatic hydroxyl groups excluding tert-OH is 2. The Labute approximate surface area is 112 Å². The molecule has 0 spiro atoms. The molecule has 1 aromatic carbocycles. The van der Waals surface area contributed by atoms with Crippen LogP contribution in [0.5, 0.6) is 0 Å². The van der Waals surface area contributed by atoms with Crippen molar-refractivity contribution in [1.29, 1.82) is 0 Å². The first-order chi connectivity index (χ1) is 8.58. The summed E-state index contributed by atoms with van der Waals surface area (Å²) < 4.78 is 14.1. The summed E-state index contributed by atoms with van der Waals surface area (Å²) in [6, 6.07) is 3.69. The van der Waals surface area contributed by atoms with E-state index in [1.54, 1.807) is 6.07 Å². The summed E-state index contributed by atoms with van der Waals surface area (Å²) >= 11 is 3.11. The number of nitrogens with zero attached hydrogens (tertiary/aromatic N) is 1. The summed E-state index contributed by atoms with van der Waals surface area (Å²) in [4.78, 5) is 12.9. The molecule has 0 atom stereocenters. The molecule has 0 aliphatic carbocycles. The van der Waals surface area contributed by atoms with Gasteiger partial charge in [0.1, 0.15) is 5.82 Å². The third-order valence-corrected chi connectivity index (χ3v) is 2.69. The molecule has 3 N–H and O–H groups in total. The van der Waals surface area contributed by atoms with Crippen LogP contribution in [0.3, 0.4) is 0 Å². The molecule has 1 rings (SSSR count). The number of benzene rings is 1. The number of urea groups is 1. The van der Waals surface area contributed by atoms with Crippen molar-refractivity contribution in [1.82, 2.24) is 4.90 Å². The Balaban J connectivity index is 2.72. The van der Waals surface area contributed by atoms with Crippen molar-refractivity contribution < 1.29 is 19.4 Å². The minimum Gasteiger partial charge on any atom is -0.395 e. The first-order valence-corrected chi connectivity index (χ1v) is 6.10. The fourth-order valence-corrected chi connectivity index (χ4v) is 1.67. The van der Waals surface area contributed by atoms with Crippen molar-refractivity contribution in [2.75, 3.05) is 31.6 Å². The molecular weight excluding hydrogens is 307 g/mol. The van der Waals surface area contributed by atoms with Gasteiger partial charge in [-0.1, -0.05) is 15.9 Å². The van der Waals surface area contributed by atoms with Crippen LogP contribution in [-0.2, 0) is 0 Å². The fourth-order valence-electron chi connectivity index (χ4n) is 1.34. The number of rotatable bonds is 5. The lowest BCUT2D eigenvalue weighted by atomic mass is 10.3. The van der Waals surface area contributed by atoms with E-state index in [4.69, 9.17) is 10.2 Å². The van der Waals surface area contributed by atoms with Crippen LogP contribution in [0.1, 0.15) is 0 Å². The molecule has 2 amide bonds. The average molecular weight is 321 g/mol. The second-order valence-electron chi connectivity index (χ2n) is 3.49. The van der Waals surface area contributed by atoms with E-state index in [0.717, 1.165) is 0 Å². The Morgan fingerprint density at radius 1 is 1.33 bits per heavy atom. The van der Waals surface area contributed by atoms with Crippen LogP contribution < -0.4 is 5.32 Å². The molecule has 1 aromatic rings. The van der Waals surface area contributed by atoms with Gasteiger partial charge >= 0.3 is 6.03 Å². The SMILES string of the molecule is O=C(Nc1ccc(Br)cc1F)N(CCO)CCO. The molecule has 0 fully saturated rings. The predicted octanol–water partition coefficient (Wildman–Crippen LogP) is 1.41. The summed E-state index contributed by atoms with van der Waals surface area (Å²) in [5.41, 5.74) is 0.0454. The Morgan fingerprint density at radius 3 is 2.44 bits per heavy atom. The molecule has 7 heteroatoms. The van der Waals surface area contributed by atoms with Crippen molar-refractivity contribution in [3.63, 3.8) is 0 Å². The number of anilines is 1. The van der Waals surface area contributed by atoms with Crippen LogP contribution in [0.4, 0.5) is 14.9 Å². The molecule has 0 unspecified atom stereocenters. The highest BCUT2D eigenvalue weighted by molar-refractivity contribution is 9.10. The Bertz CT molecular complexity index is 411. The van der Waals surface area contributed by atoms with Crippen LogP contribution in [0.25, 0.3) is 0 Å². The lowest BCUT2D eigenvalue weighted by Gasteiger charge is -2.21. The first kappa shape index (κ1) is 14.9. The second kappa shape index (κ2) is 7.30. The fraction of sp³-hybridized carbons (Fsp3) is 0.364. The van der Waals surface area contributed by atoms with Crippen molar-refractivity contribution in [3.8, 4) is 0 Å². The van der Waals surface area contributed by atoms with E-state index in [1.807, 2.05) is 0 Å². The van der Waals surface area contributed by atoms with Crippen LogP contribution in [-0.4, -0.2) is 47.4 Å². The van der Waals surface area contributed by atoms with Gasteiger partial charge in [-0.05, 0) is 18.2 Å². The molecule has 0 bridgehead atoms. The summed E-state index contributed by atoms with van der Waals surface area (Å²) in [7, 11) is 0. The molecular formula is C11H14BrFN2O3. The van der Waals surface area contributed by atoms with Crippen LogP contribution >= 0.6 is 15.9 Å². The number of nitrogens with one attached hydrogen (secondary N) is 1. The van der Waals surface area contributed by atoms with Crippen molar-refractivity contribution >= 4 is 27.6 Å². The standard InChI is InChI=1S/C11H14BrFN2O3/c12-8-1-2-10(9(13)7-8)14-11(18)15(3-5-16)4-6-17/h1-2,7,16-17H,3-6H2,(H,14,18).